The van der Waals surface area contributed by atoms with E-state index in [0.717, 1.165) is 38.7 Å². The largest absolute Gasteiger partial charge is 0.463 e. The number of likely N-dealkylation sites (tertiary alicyclic amines) is 1. The normalized spacial score (nSPS) is 19.0. The molecule has 1 N–H and O–H groups in total. The number of hydrogen-bond donors (Lipinski definition) is 1. The molecule has 0 aliphatic carbocycles. The molecule has 178 valence electrons. The highest BCUT2D eigenvalue weighted by Crippen LogP contribution is 2.40. The number of amides is 1. The van der Waals surface area contributed by atoms with E-state index < -0.39 is 11.5 Å². The van der Waals surface area contributed by atoms with Crippen LogP contribution in [0.15, 0.2) is 42.5 Å². The lowest BCUT2D eigenvalue weighted by molar-refractivity contribution is -0.152. The van der Waals surface area contributed by atoms with Crippen LogP contribution in [-0.4, -0.2) is 46.2 Å². The lowest BCUT2D eigenvalue weighted by Gasteiger charge is -2.31. The Bertz CT molecular complexity index is 777. The van der Waals surface area contributed by atoms with Crippen LogP contribution in [0.25, 0.3) is 0 Å². The molecule has 2 rings (SSSR count). The summed E-state index contributed by atoms with van der Waals surface area (Å²) in [5, 5.41) is 10.5. The lowest BCUT2D eigenvalue weighted by atomic mass is 9.90. The minimum absolute atomic E-state index is 0.00498. The molecule has 1 aromatic rings. The molecule has 0 spiro atoms. The van der Waals surface area contributed by atoms with Gasteiger partial charge in [-0.25, -0.2) is 0 Å². The molecule has 0 saturated carbocycles. The Hall–Kier alpha value is -2.28. The molecule has 5 nitrogen and oxygen atoms in total. The maximum absolute atomic E-state index is 14.8. The zero-order valence-electron chi connectivity index (χ0n) is 19.2. The van der Waals surface area contributed by atoms with Crippen LogP contribution in [0.5, 0.6) is 0 Å². The number of esters is 1. The van der Waals surface area contributed by atoms with Gasteiger partial charge >= 0.3 is 11.9 Å². The third-order valence-corrected chi connectivity index (χ3v) is 5.69. The first-order valence-corrected chi connectivity index (χ1v) is 11.4. The predicted octanol–water partition coefficient (Wildman–Crippen LogP) is 4.98. The van der Waals surface area contributed by atoms with Crippen molar-refractivity contribution in [2.24, 2.45) is 0 Å². The lowest BCUT2D eigenvalue weighted by Crippen LogP contribution is -2.42. The molecule has 0 aromatic heterocycles. The van der Waals surface area contributed by atoms with E-state index in [1.54, 1.807) is 11.0 Å². The summed E-state index contributed by atoms with van der Waals surface area (Å²) in [6, 6.07) is 6.93. The minimum Gasteiger partial charge on any atom is -0.463 e. The van der Waals surface area contributed by atoms with Crippen molar-refractivity contribution in [2.45, 2.75) is 89.4 Å². The van der Waals surface area contributed by atoms with E-state index in [4.69, 9.17) is 4.74 Å². The van der Waals surface area contributed by atoms with Crippen LogP contribution in [0.1, 0.15) is 71.3 Å². The highest BCUT2D eigenvalue weighted by Gasteiger charge is 2.49. The fraction of sp³-hybridized carbons (Fsp3) is 0.600. The van der Waals surface area contributed by atoms with Gasteiger partial charge in [0, 0.05) is 24.9 Å². The summed E-state index contributed by atoms with van der Waals surface area (Å²) in [6.07, 6.45) is 7.06. The molecular formula is C25H35F2NO4. The summed E-state index contributed by atoms with van der Waals surface area (Å²) >= 11 is 0. The number of rotatable bonds is 12. The third-order valence-electron chi connectivity index (χ3n) is 5.69. The second kappa shape index (κ2) is 11.5. The molecule has 7 heteroatoms. The molecule has 1 saturated heterocycles. The first-order chi connectivity index (χ1) is 15.0. The summed E-state index contributed by atoms with van der Waals surface area (Å²) in [5.74, 6) is -3.66. The maximum Gasteiger partial charge on any atom is 0.306 e. The van der Waals surface area contributed by atoms with Gasteiger partial charge in [-0.3, -0.25) is 9.59 Å². The van der Waals surface area contributed by atoms with E-state index in [9.17, 15) is 23.5 Å². The van der Waals surface area contributed by atoms with Gasteiger partial charge in [-0.15, -0.1) is 0 Å². The monoisotopic (exact) mass is 451 g/mol. The summed E-state index contributed by atoms with van der Waals surface area (Å²) in [4.78, 5) is 25.5. The van der Waals surface area contributed by atoms with Crippen LogP contribution < -0.4 is 0 Å². The quantitative estimate of drug-likeness (QED) is 0.277. The van der Waals surface area contributed by atoms with Crippen LogP contribution in [0, 0.1) is 0 Å². The number of alkyl halides is 2. The van der Waals surface area contributed by atoms with Gasteiger partial charge in [0.05, 0.1) is 12.1 Å². The van der Waals surface area contributed by atoms with Gasteiger partial charge in [0.25, 0.3) is 0 Å². The SMILES string of the molecule is CC(C)OC(=O)CCCCCCN1C(=O)CCC1C=CC(C)(O)C(F)(F)c1ccccc1. The van der Waals surface area contributed by atoms with Crippen molar-refractivity contribution in [1.82, 2.24) is 4.90 Å². The van der Waals surface area contributed by atoms with E-state index >= 15 is 0 Å². The number of benzene rings is 1. The number of carbonyl (C=O) groups excluding carboxylic acids is 2. The number of carbonyl (C=O) groups is 2. The van der Waals surface area contributed by atoms with E-state index in [-0.39, 0.29) is 29.6 Å². The molecule has 1 heterocycles. The average Bonchev–Trinajstić information content (AvgIpc) is 3.08. The van der Waals surface area contributed by atoms with Crippen LogP contribution in [-0.2, 0) is 20.2 Å². The predicted molar refractivity (Wildman–Crippen MR) is 119 cm³/mol. The Morgan fingerprint density at radius 3 is 2.53 bits per heavy atom. The third kappa shape index (κ3) is 7.12. The minimum atomic E-state index is -3.46. The van der Waals surface area contributed by atoms with E-state index in [1.807, 2.05) is 13.8 Å². The van der Waals surface area contributed by atoms with Crippen molar-refractivity contribution in [1.29, 1.82) is 0 Å². The molecule has 1 aliphatic heterocycles. The topological polar surface area (TPSA) is 66.8 Å². The molecule has 1 aliphatic rings. The number of ether oxygens (including phenoxy) is 1. The van der Waals surface area contributed by atoms with Gasteiger partial charge in [-0.1, -0.05) is 49.2 Å². The molecule has 1 amide bonds. The van der Waals surface area contributed by atoms with E-state index in [0.29, 0.717) is 25.8 Å². The Labute approximate surface area is 189 Å². The first-order valence-electron chi connectivity index (χ1n) is 11.4. The Morgan fingerprint density at radius 2 is 1.88 bits per heavy atom. The number of halogens is 2. The van der Waals surface area contributed by atoms with Gasteiger partial charge in [-0.2, -0.15) is 8.78 Å². The van der Waals surface area contributed by atoms with Crippen LogP contribution in [0.2, 0.25) is 0 Å². The van der Waals surface area contributed by atoms with Crippen LogP contribution in [0.3, 0.4) is 0 Å². The smallest absolute Gasteiger partial charge is 0.306 e. The van der Waals surface area contributed by atoms with Gasteiger partial charge in [0.15, 0.2) is 0 Å². The fourth-order valence-corrected chi connectivity index (χ4v) is 3.82. The number of aliphatic hydroxyl groups is 1. The van der Waals surface area contributed by atoms with Gasteiger partial charge in [0.2, 0.25) is 5.91 Å². The van der Waals surface area contributed by atoms with Crippen molar-refractivity contribution < 1.29 is 28.2 Å². The van der Waals surface area contributed by atoms with Crippen molar-refractivity contribution in [3.63, 3.8) is 0 Å². The van der Waals surface area contributed by atoms with Gasteiger partial charge in [0.1, 0.15) is 5.60 Å². The maximum atomic E-state index is 14.8. The highest BCUT2D eigenvalue weighted by atomic mass is 19.3. The van der Waals surface area contributed by atoms with Crippen molar-refractivity contribution in [3.05, 3.63) is 48.0 Å². The molecule has 2 atom stereocenters. The molecule has 0 radical (unpaired) electrons. The van der Waals surface area contributed by atoms with Crippen molar-refractivity contribution >= 4 is 11.9 Å². The number of unbranched alkanes of at least 4 members (excludes halogenated alkanes) is 3. The summed E-state index contributed by atoms with van der Waals surface area (Å²) < 4.78 is 34.7. The molecule has 1 fully saturated rings. The first kappa shape index (κ1) is 26.0. The van der Waals surface area contributed by atoms with Crippen LogP contribution >= 0.6 is 0 Å². The summed E-state index contributed by atoms with van der Waals surface area (Å²) in [5.41, 5.74) is -2.64. The second-order valence-corrected chi connectivity index (χ2v) is 8.84. The highest BCUT2D eigenvalue weighted by molar-refractivity contribution is 5.79. The van der Waals surface area contributed by atoms with Gasteiger partial charge < -0.3 is 14.7 Å². The fourth-order valence-electron chi connectivity index (χ4n) is 3.82. The molecular weight excluding hydrogens is 416 g/mol. The molecule has 32 heavy (non-hydrogen) atoms. The van der Waals surface area contributed by atoms with E-state index in [2.05, 4.69) is 0 Å². The molecule has 1 aromatic carbocycles. The van der Waals surface area contributed by atoms with E-state index in [1.165, 1.54) is 30.3 Å². The van der Waals surface area contributed by atoms with Crippen molar-refractivity contribution in [2.75, 3.05) is 6.54 Å². The Kier molecular flexibility index (Phi) is 9.37. The Morgan fingerprint density at radius 1 is 1.22 bits per heavy atom. The summed E-state index contributed by atoms with van der Waals surface area (Å²) in [7, 11) is 0. The summed E-state index contributed by atoms with van der Waals surface area (Å²) in [6.45, 7) is 5.25. The number of hydrogen-bond acceptors (Lipinski definition) is 4. The number of nitrogens with zero attached hydrogens (tertiary/aromatic N) is 1. The molecule has 2 unspecified atom stereocenters. The second-order valence-electron chi connectivity index (χ2n) is 8.84. The standard InChI is InChI=1S/C25H35F2NO4/c1-19(2)32-23(30)13-9-4-5-10-18-28-21(14-15-22(28)29)16-17-24(3,31)25(26,27)20-11-7-6-8-12-20/h6-8,11-12,16-17,19,21,31H,4-5,9-10,13-15,18H2,1-3H3. The van der Waals surface area contributed by atoms with Crippen LogP contribution in [0.4, 0.5) is 8.78 Å². The van der Waals surface area contributed by atoms with Crippen molar-refractivity contribution in [3.8, 4) is 0 Å². The molecule has 0 bridgehead atoms. The zero-order valence-corrected chi connectivity index (χ0v) is 19.2. The van der Waals surface area contributed by atoms with Gasteiger partial charge in [-0.05, 0) is 46.1 Å². The Balaban J connectivity index is 1.85. The average molecular weight is 452 g/mol. The zero-order chi connectivity index (χ0) is 23.8.